The fraction of sp³-hybridized carbons (Fsp3) is 0.278. The van der Waals surface area contributed by atoms with Gasteiger partial charge in [-0.1, -0.05) is 23.7 Å². The molecule has 2 N–H and O–H groups in total. The number of rotatable bonds is 5. The van der Waals surface area contributed by atoms with Gasteiger partial charge in [0.15, 0.2) is 11.5 Å². The molecule has 1 amide bonds. The Morgan fingerprint density at radius 2 is 1.83 bits per heavy atom. The molecule has 0 bridgehead atoms. The summed E-state index contributed by atoms with van der Waals surface area (Å²) in [7, 11) is 0. The molecular weight excluding hydrogens is 328 g/mol. The van der Waals surface area contributed by atoms with E-state index in [0.717, 1.165) is 5.56 Å². The second-order valence-electron chi connectivity index (χ2n) is 5.56. The average Bonchev–Trinajstić information content (AvgIpc) is 2.60. The molecule has 0 aromatic heterocycles. The highest BCUT2D eigenvalue weighted by Gasteiger charge is 2.13. The summed E-state index contributed by atoms with van der Waals surface area (Å²) in [6.45, 7) is 3.27. The molecule has 0 saturated heterocycles. The number of benzene rings is 2. The van der Waals surface area contributed by atoms with Gasteiger partial charge >= 0.3 is 0 Å². The van der Waals surface area contributed by atoms with E-state index in [9.17, 15) is 4.79 Å². The average molecular weight is 347 g/mol. The summed E-state index contributed by atoms with van der Waals surface area (Å²) >= 11 is 5.88. The quantitative estimate of drug-likeness (QED) is 0.871. The summed E-state index contributed by atoms with van der Waals surface area (Å²) in [6.07, 6.45) is 0. The third kappa shape index (κ3) is 4.19. The number of amides is 1. The zero-order valence-electron chi connectivity index (χ0n) is 13.3. The minimum atomic E-state index is -0.118. The van der Waals surface area contributed by atoms with Gasteiger partial charge in [0.1, 0.15) is 13.2 Å². The molecule has 1 aliphatic rings. The normalized spacial score (nSPS) is 14.1. The number of carbonyl (C=O) groups is 1. The molecule has 1 unspecified atom stereocenters. The molecule has 0 fully saturated rings. The van der Waals surface area contributed by atoms with Gasteiger partial charge in [0.25, 0.3) is 0 Å². The van der Waals surface area contributed by atoms with Crippen molar-refractivity contribution in [2.45, 2.75) is 13.0 Å². The van der Waals surface area contributed by atoms with Crippen LogP contribution in [0.4, 0.5) is 5.69 Å². The maximum atomic E-state index is 12.1. The molecule has 0 spiro atoms. The van der Waals surface area contributed by atoms with Gasteiger partial charge < -0.3 is 20.1 Å². The van der Waals surface area contributed by atoms with Crippen molar-refractivity contribution in [2.75, 3.05) is 25.1 Å². The van der Waals surface area contributed by atoms with Crippen LogP contribution in [-0.4, -0.2) is 25.7 Å². The number of carbonyl (C=O) groups excluding carboxylic acids is 1. The molecule has 6 heteroatoms. The van der Waals surface area contributed by atoms with Gasteiger partial charge in [0, 0.05) is 22.8 Å². The van der Waals surface area contributed by atoms with Crippen molar-refractivity contribution in [3.8, 4) is 11.5 Å². The van der Waals surface area contributed by atoms with Crippen LogP contribution in [0.2, 0.25) is 5.02 Å². The minimum absolute atomic E-state index is 0.0493. The molecule has 3 rings (SSSR count). The monoisotopic (exact) mass is 346 g/mol. The lowest BCUT2D eigenvalue weighted by molar-refractivity contribution is -0.115. The maximum absolute atomic E-state index is 12.1. The first-order chi connectivity index (χ1) is 11.6. The topological polar surface area (TPSA) is 59.6 Å². The SMILES string of the molecule is CC(NCC(=O)Nc1ccc2c(c1)OCCO2)c1ccc(Cl)cc1. The van der Waals surface area contributed by atoms with Crippen LogP contribution in [0.5, 0.6) is 11.5 Å². The van der Waals surface area contributed by atoms with E-state index < -0.39 is 0 Å². The van der Waals surface area contributed by atoms with Crippen molar-refractivity contribution in [3.05, 3.63) is 53.1 Å². The van der Waals surface area contributed by atoms with Crippen LogP contribution < -0.4 is 20.1 Å². The van der Waals surface area contributed by atoms with Gasteiger partial charge in [-0.15, -0.1) is 0 Å². The number of anilines is 1. The van der Waals surface area contributed by atoms with Gasteiger partial charge in [0.05, 0.1) is 6.54 Å². The molecule has 1 heterocycles. The summed E-state index contributed by atoms with van der Waals surface area (Å²) in [5.41, 5.74) is 1.76. The first-order valence-corrected chi connectivity index (χ1v) is 8.18. The third-order valence-corrected chi connectivity index (χ3v) is 4.02. The molecule has 0 radical (unpaired) electrons. The molecule has 126 valence electrons. The number of ether oxygens (including phenoxy) is 2. The lowest BCUT2D eigenvalue weighted by Crippen LogP contribution is -2.30. The van der Waals surface area contributed by atoms with Gasteiger partial charge in [-0.3, -0.25) is 4.79 Å². The van der Waals surface area contributed by atoms with Crippen molar-refractivity contribution in [2.24, 2.45) is 0 Å². The molecular formula is C18H19ClN2O3. The molecule has 2 aromatic carbocycles. The van der Waals surface area contributed by atoms with E-state index in [-0.39, 0.29) is 18.5 Å². The second-order valence-corrected chi connectivity index (χ2v) is 6.00. The fourth-order valence-corrected chi connectivity index (χ4v) is 2.57. The van der Waals surface area contributed by atoms with Crippen LogP contribution in [0.3, 0.4) is 0 Å². The standard InChI is InChI=1S/C18H19ClN2O3/c1-12(13-2-4-14(19)5-3-13)20-11-18(22)21-15-6-7-16-17(10-15)24-9-8-23-16/h2-7,10,12,20H,8-9,11H2,1H3,(H,21,22). The van der Waals surface area contributed by atoms with Crippen molar-refractivity contribution in [3.63, 3.8) is 0 Å². The number of hydrogen-bond donors (Lipinski definition) is 2. The Bertz CT molecular complexity index is 719. The first-order valence-electron chi connectivity index (χ1n) is 7.80. The van der Waals surface area contributed by atoms with E-state index in [1.54, 1.807) is 18.2 Å². The second kappa shape index (κ2) is 7.55. The van der Waals surface area contributed by atoms with E-state index in [1.807, 2.05) is 31.2 Å². The number of nitrogens with one attached hydrogen (secondary N) is 2. The molecule has 2 aromatic rings. The summed E-state index contributed by atoms with van der Waals surface area (Å²) < 4.78 is 11.0. The van der Waals surface area contributed by atoms with E-state index in [1.165, 1.54) is 0 Å². The number of halogens is 1. The Balaban J connectivity index is 1.53. The number of hydrogen-bond acceptors (Lipinski definition) is 4. The maximum Gasteiger partial charge on any atom is 0.238 e. The summed E-state index contributed by atoms with van der Waals surface area (Å²) in [5, 5.41) is 6.74. The molecule has 1 atom stereocenters. The van der Waals surface area contributed by atoms with Crippen LogP contribution in [0, 0.1) is 0 Å². The summed E-state index contributed by atoms with van der Waals surface area (Å²) in [4.78, 5) is 12.1. The predicted octanol–water partition coefficient (Wildman–Crippen LogP) is 3.40. The summed E-state index contributed by atoms with van der Waals surface area (Å²) in [5.74, 6) is 1.24. The Kier molecular flexibility index (Phi) is 5.23. The van der Waals surface area contributed by atoms with Crippen LogP contribution in [0.15, 0.2) is 42.5 Å². The first kappa shape index (κ1) is 16.6. The summed E-state index contributed by atoms with van der Waals surface area (Å²) in [6, 6.07) is 13.0. The van der Waals surface area contributed by atoms with Crippen molar-refractivity contribution >= 4 is 23.2 Å². The van der Waals surface area contributed by atoms with Crippen LogP contribution in [0.1, 0.15) is 18.5 Å². The Hall–Kier alpha value is -2.24. The Morgan fingerprint density at radius 1 is 1.12 bits per heavy atom. The van der Waals surface area contributed by atoms with Gasteiger partial charge in [0.2, 0.25) is 5.91 Å². The number of fused-ring (bicyclic) bond motifs is 1. The van der Waals surface area contributed by atoms with Gasteiger partial charge in [-0.05, 0) is 36.8 Å². The Morgan fingerprint density at radius 3 is 2.58 bits per heavy atom. The molecule has 1 aliphatic heterocycles. The zero-order chi connectivity index (χ0) is 16.9. The Labute approximate surface area is 145 Å². The lowest BCUT2D eigenvalue weighted by atomic mass is 10.1. The smallest absolute Gasteiger partial charge is 0.238 e. The lowest BCUT2D eigenvalue weighted by Gasteiger charge is -2.19. The highest BCUT2D eigenvalue weighted by molar-refractivity contribution is 6.30. The van der Waals surface area contributed by atoms with Crippen molar-refractivity contribution in [1.29, 1.82) is 0 Å². The predicted molar refractivity (Wildman–Crippen MR) is 93.9 cm³/mol. The van der Waals surface area contributed by atoms with Gasteiger partial charge in [-0.2, -0.15) is 0 Å². The van der Waals surface area contributed by atoms with E-state index in [0.29, 0.717) is 35.4 Å². The van der Waals surface area contributed by atoms with Crippen LogP contribution >= 0.6 is 11.6 Å². The molecule has 0 aliphatic carbocycles. The van der Waals surface area contributed by atoms with E-state index in [4.69, 9.17) is 21.1 Å². The van der Waals surface area contributed by atoms with Crippen molar-refractivity contribution < 1.29 is 14.3 Å². The van der Waals surface area contributed by atoms with E-state index in [2.05, 4.69) is 10.6 Å². The molecule has 5 nitrogen and oxygen atoms in total. The van der Waals surface area contributed by atoms with Crippen molar-refractivity contribution in [1.82, 2.24) is 5.32 Å². The van der Waals surface area contributed by atoms with E-state index >= 15 is 0 Å². The van der Waals surface area contributed by atoms with Gasteiger partial charge in [-0.25, -0.2) is 0 Å². The van der Waals surface area contributed by atoms with Crippen LogP contribution in [-0.2, 0) is 4.79 Å². The zero-order valence-corrected chi connectivity index (χ0v) is 14.1. The molecule has 24 heavy (non-hydrogen) atoms. The third-order valence-electron chi connectivity index (χ3n) is 3.76. The minimum Gasteiger partial charge on any atom is -0.486 e. The van der Waals surface area contributed by atoms with Crippen LogP contribution in [0.25, 0.3) is 0 Å². The molecule has 0 saturated carbocycles. The fourth-order valence-electron chi connectivity index (χ4n) is 2.44. The largest absolute Gasteiger partial charge is 0.486 e. The highest BCUT2D eigenvalue weighted by atomic mass is 35.5. The highest BCUT2D eigenvalue weighted by Crippen LogP contribution is 2.32.